The minimum absolute atomic E-state index is 0.277. The average molecular weight is 326 g/mol. The predicted octanol–water partition coefficient (Wildman–Crippen LogP) is 4.30. The van der Waals surface area contributed by atoms with E-state index in [-0.39, 0.29) is 5.41 Å². The molecule has 1 aromatic carbocycles. The molecule has 3 heteroatoms. The van der Waals surface area contributed by atoms with Crippen LogP contribution in [0.15, 0.2) is 22.7 Å². The van der Waals surface area contributed by atoms with E-state index in [1.807, 2.05) is 0 Å². The van der Waals surface area contributed by atoms with Crippen LogP contribution < -0.4 is 10.1 Å². The molecule has 1 fully saturated rings. The largest absolute Gasteiger partial charge is 0.489 e. The van der Waals surface area contributed by atoms with Crippen LogP contribution in [0.5, 0.6) is 5.75 Å². The fraction of sp³-hybridized carbons (Fsp3) is 0.625. The van der Waals surface area contributed by atoms with Crippen molar-refractivity contribution in [1.29, 1.82) is 0 Å². The number of nitrogens with one attached hydrogen (secondary N) is 1. The summed E-state index contributed by atoms with van der Waals surface area (Å²) in [5.74, 6) is 0.969. The summed E-state index contributed by atoms with van der Waals surface area (Å²) >= 11 is 3.60. The van der Waals surface area contributed by atoms with Crippen molar-refractivity contribution in [1.82, 2.24) is 5.32 Å². The zero-order valence-corrected chi connectivity index (χ0v) is 13.9. The molecule has 0 spiro atoms. The Balaban J connectivity index is 2.15. The molecular weight excluding hydrogens is 302 g/mol. The summed E-state index contributed by atoms with van der Waals surface area (Å²) in [6.45, 7) is 6.64. The Morgan fingerprint density at radius 1 is 1.37 bits per heavy atom. The highest BCUT2D eigenvalue weighted by Gasteiger charge is 2.53. The van der Waals surface area contributed by atoms with Gasteiger partial charge in [0.2, 0.25) is 0 Å². The summed E-state index contributed by atoms with van der Waals surface area (Å²) in [7, 11) is 2.06. The number of ether oxygens (including phenoxy) is 1. The van der Waals surface area contributed by atoms with Crippen LogP contribution in [-0.4, -0.2) is 19.2 Å². The lowest BCUT2D eigenvalue weighted by Crippen LogP contribution is -2.63. The third-order valence-electron chi connectivity index (χ3n) is 4.81. The lowest BCUT2D eigenvalue weighted by Gasteiger charge is -2.55. The molecule has 1 aliphatic rings. The Morgan fingerprint density at radius 3 is 2.58 bits per heavy atom. The quantitative estimate of drug-likeness (QED) is 0.871. The smallest absolute Gasteiger partial charge is 0.133 e. The third-order valence-corrected chi connectivity index (χ3v) is 5.43. The second kappa shape index (κ2) is 5.84. The van der Waals surface area contributed by atoms with Crippen molar-refractivity contribution >= 4 is 15.9 Å². The standard InChI is InChI=1S/C16H24BrNO/c1-5-16(6-2)14(18-4)10-15(16)19-13-8-7-11(3)9-12(13)17/h7-9,14-15,18H,5-6,10H2,1-4H3. The highest BCUT2D eigenvalue weighted by atomic mass is 79.9. The van der Waals surface area contributed by atoms with E-state index in [0.717, 1.165) is 29.5 Å². The van der Waals surface area contributed by atoms with E-state index >= 15 is 0 Å². The Labute approximate surface area is 125 Å². The molecule has 0 amide bonds. The van der Waals surface area contributed by atoms with Gasteiger partial charge in [-0.1, -0.05) is 19.9 Å². The van der Waals surface area contributed by atoms with Crippen molar-refractivity contribution in [2.24, 2.45) is 5.41 Å². The van der Waals surface area contributed by atoms with Crippen LogP contribution in [0.1, 0.15) is 38.7 Å². The minimum atomic E-state index is 0.277. The molecule has 1 N–H and O–H groups in total. The van der Waals surface area contributed by atoms with Gasteiger partial charge in [-0.15, -0.1) is 0 Å². The van der Waals surface area contributed by atoms with Crippen LogP contribution >= 0.6 is 15.9 Å². The molecular formula is C16H24BrNO. The highest BCUT2D eigenvalue weighted by molar-refractivity contribution is 9.10. The van der Waals surface area contributed by atoms with Gasteiger partial charge in [0, 0.05) is 17.9 Å². The summed E-state index contributed by atoms with van der Waals surface area (Å²) in [6.07, 6.45) is 3.73. The van der Waals surface area contributed by atoms with Gasteiger partial charge in [-0.05, 0) is 60.4 Å². The van der Waals surface area contributed by atoms with Crippen LogP contribution in [-0.2, 0) is 0 Å². The summed E-state index contributed by atoms with van der Waals surface area (Å²) in [5.41, 5.74) is 1.53. The first-order chi connectivity index (χ1) is 9.07. The van der Waals surface area contributed by atoms with Gasteiger partial charge in [-0.2, -0.15) is 0 Å². The van der Waals surface area contributed by atoms with Crippen molar-refractivity contribution in [3.8, 4) is 5.75 Å². The Hall–Kier alpha value is -0.540. The summed E-state index contributed by atoms with van der Waals surface area (Å²) in [5, 5.41) is 3.44. The van der Waals surface area contributed by atoms with Crippen molar-refractivity contribution in [3.05, 3.63) is 28.2 Å². The van der Waals surface area contributed by atoms with Crippen molar-refractivity contribution < 1.29 is 4.74 Å². The molecule has 2 atom stereocenters. The molecule has 2 nitrogen and oxygen atoms in total. The number of rotatable bonds is 5. The fourth-order valence-corrected chi connectivity index (χ4v) is 3.96. The van der Waals surface area contributed by atoms with Gasteiger partial charge in [0.25, 0.3) is 0 Å². The maximum Gasteiger partial charge on any atom is 0.133 e. The highest BCUT2D eigenvalue weighted by Crippen LogP contribution is 2.49. The van der Waals surface area contributed by atoms with E-state index in [0.29, 0.717) is 12.1 Å². The van der Waals surface area contributed by atoms with Gasteiger partial charge < -0.3 is 10.1 Å². The van der Waals surface area contributed by atoms with E-state index in [9.17, 15) is 0 Å². The number of hydrogen-bond acceptors (Lipinski definition) is 2. The molecule has 0 saturated heterocycles. The van der Waals surface area contributed by atoms with Crippen molar-refractivity contribution in [2.75, 3.05) is 7.05 Å². The van der Waals surface area contributed by atoms with Gasteiger partial charge in [-0.3, -0.25) is 0 Å². The summed E-state index contributed by atoms with van der Waals surface area (Å²) in [4.78, 5) is 0. The molecule has 1 aromatic rings. The van der Waals surface area contributed by atoms with Crippen molar-refractivity contribution in [2.45, 2.75) is 52.2 Å². The zero-order valence-electron chi connectivity index (χ0n) is 12.3. The molecule has 2 rings (SSSR count). The monoisotopic (exact) mass is 325 g/mol. The third kappa shape index (κ3) is 2.55. The number of halogens is 1. The molecule has 0 bridgehead atoms. The van der Waals surface area contributed by atoms with Crippen LogP contribution in [0.25, 0.3) is 0 Å². The maximum absolute atomic E-state index is 6.28. The molecule has 0 aromatic heterocycles. The van der Waals surface area contributed by atoms with E-state index in [4.69, 9.17) is 4.74 Å². The molecule has 19 heavy (non-hydrogen) atoms. The molecule has 106 valence electrons. The van der Waals surface area contributed by atoms with Crippen molar-refractivity contribution in [3.63, 3.8) is 0 Å². The lowest BCUT2D eigenvalue weighted by atomic mass is 9.58. The van der Waals surface area contributed by atoms with E-state index in [1.165, 1.54) is 5.56 Å². The van der Waals surface area contributed by atoms with Gasteiger partial charge in [0.1, 0.15) is 11.9 Å². The van der Waals surface area contributed by atoms with E-state index in [2.05, 4.69) is 67.3 Å². The first kappa shape index (κ1) is 14.9. The topological polar surface area (TPSA) is 21.3 Å². The molecule has 1 saturated carbocycles. The van der Waals surface area contributed by atoms with Crippen LogP contribution in [0.4, 0.5) is 0 Å². The number of hydrogen-bond donors (Lipinski definition) is 1. The zero-order chi connectivity index (χ0) is 14.0. The molecule has 0 aliphatic heterocycles. The molecule has 1 aliphatic carbocycles. The summed E-state index contributed by atoms with van der Waals surface area (Å²) < 4.78 is 7.34. The average Bonchev–Trinajstić information content (AvgIpc) is 2.38. The minimum Gasteiger partial charge on any atom is -0.489 e. The van der Waals surface area contributed by atoms with Gasteiger partial charge in [0.15, 0.2) is 0 Å². The Kier molecular flexibility index (Phi) is 4.57. The lowest BCUT2D eigenvalue weighted by molar-refractivity contribution is -0.0839. The maximum atomic E-state index is 6.28. The second-order valence-corrected chi connectivity index (χ2v) is 6.41. The SMILES string of the molecule is CCC1(CC)C(NC)CC1Oc1ccc(C)cc1Br. The first-order valence-corrected chi connectivity index (χ1v) is 7.96. The van der Waals surface area contributed by atoms with Gasteiger partial charge in [-0.25, -0.2) is 0 Å². The second-order valence-electron chi connectivity index (χ2n) is 5.56. The van der Waals surface area contributed by atoms with Crippen LogP contribution in [0.3, 0.4) is 0 Å². The number of aryl methyl sites for hydroxylation is 1. The predicted molar refractivity (Wildman–Crippen MR) is 83.8 cm³/mol. The molecule has 2 unspecified atom stereocenters. The number of benzene rings is 1. The molecule has 0 heterocycles. The summed E-state index contributed by atoms with van der Waals surface area (Å²) in [6, 6.07) is 6.87. The van der Waals surface area contributed by atoms with Crippen LogP contribution in [0, 0.1) is 12.3 Å². The fourth-order valence-electron chi connectivity index (χ4n) is 3.37. The molecule has 0 radical (unpaired) electrons. The Bertz CT molecular complexity index is 442. The van der Waals surface area contributed by atoms with Gasteiger partial charge in [0.05, 0.1) is 4.47 Å². The first-order valence-electron chi connectivity index (χ1n) is 7.17. The Morgan fingerprint density at radius 2 is 2.05 bits per heavy atom. The normalized spacial score (nSPS) is 24.9. The van der Waals surface area contributed by atoms with E-state index in [1.54, 1.807) is 0 Å². The van der Waals surface area contributed by atoms with Gasteiger partial charge >= 0.3 is 0 Å². The van der Waals surface area contributed by atoms with Crippen LogP contribution in [0.2, 0.25) is 0 Å². The van der Waals surface area contributed by atoms with E-state index < -0.39 is 0 Å².